The lowest BCUT2D eigenvalue weighted by Crippen LogP contribution is -1.93. The molecule has 0 aliphatic heterocycles. The molecule has 1 nitrogen and oxygen atoms in total. The molecule has 0 amide bonds. The number of para-hydroxylation sites is 1. The summed E-state index contributed by atoms with van der Waals surface area (Å²) in [6.45, 7) is 2.13. The minimum Gasteiger partial charge on any atom is -0.355 e. The Kier molecular flexibility index (Phi) is 5.08. The fourth-order valence-electron chi connectivity index (χ4n) is 3.20. The van der Waals surface area contributed by atoms with Crippen molar-refractivity contribution >= 4 is 27.3 Å². The summed E-state index contributed by atoms with van der Waals surface area (Å²) in [4.78, 5) is 0. The van der Waals surface area contributed by atoms with Gasteiger partial charge in [-0.3, -0.25) is 0 Å². The Morgan fingerprint density at radius 1 is 0.630 bits per heavy atom. The van der Waals surface area contributed by atoms with E-state index in [0.717, 1.165) is 15.8 Å². The molecule has 0 aliphatic carbocycles. The van der Waals surface area contributed by atoms with E-state index in [1.54, 1.807) is 0 Å². The van der Waals surface area contributed by atoms with E-state index < -0.39 is 0 Å². The van der Waals surface area contributed by atoms with Crippen LogP contribution in [0.4, 0.5) is 11.4 Å². The van der Waals surface area contributed by atoms with Gasteiger partial charge in [-0.1, -0.05) is 88.2 Å². The van der Waals surface area contributed by atoms with Gasteiger partial charge in [-0.15, -0.1) is 0 Å². The van der Waals surface area contributed by atoms with Crippen molar-refractivity contribution in [1.29, 1.82) is 0 Å². The van der Waals surface area contributed by atoms with E-state index in [9.17, 15) is 0 Å². The molecule has 0 bridgehead atoms. The molecular formula is C25H20BrN. The van der Waals surface area contributed by atoms with Crippen LogP contribution in [0.1, 0.15) is 5.56 Å². The van der Waals surface area contributed by atoms with Gasteiger partial charge in [0.25, 0.3) is 0 Å². The number of aryl methyl sites for hydroxylation is 1. The van der Waals surface area contributed by atoms with Gasteiger partial charge in [-0.05, 0) is 53.9 Å². The van der Waals surface area contributed by atoms with Crippen LogP contribution in [0, 0.1) is 6.92 Å². The second-order valence-electron chi connectivity index (χ2n) is 6.62. The number of benzene rings is 4. The molecule has 27 heavy (non-hydrogen) atoms. The topological polar surface area (TPSA) is 12.0 Å². The van der Waals surface area contributed by atoms with Crippen molar-refractivity contribution in [2.45, 2.75) is 6.92 Å². The fraction of sp³-hybridized carbons (Fsp3) is 0.0400. The summed E-state index contributed by atoms with van der Waals surface area (Å²) < 4.78 is 1.09. The van der Waals surface area contributed by atoms with Crippen molar-refractivity contribution in [3.05, 3.63) is 107 Å². The molecule has 0 saturated carbocycles. The van der Waals surface area contributed by atoms with Gasteiger partial charge in [-0.25, -0.2) is 0 Å². The monoisotopic (exact) mass is 413 g/mol. The van der Waals surface area contributed by atoms with Crippen molar-refractivity contribution in [3.8, 4) is 22.3 Å². The summed E-state index contributed by atoms with van der Waals surface area (Å²) in [5.41, 5.74) is 8.31. The number of halogens is 1. The zero-order valence-corrected chi connectivity index (χ0v) is 16.7. The van der Waals surface area contributed by atoms with Gasteiger partial charge in [0.15, 0.2) is 0 Å². The third kappa shape index (κ3) is 4.12. The third-order valence-electron chi connectivity index (χ3n) is 4.60. The van der Waals surface area contributed by atoms with Crippen molar-refractivity contribution in [2.75, 3.05) is 5.32 Å². The molecule has 1 N–H and O–H groups in total. The quantitative estimate of drug-likeness (QED) is 0.359. The number of nitrogens with one attached hydrogen (secondary N) is 1. The van der Waals surface area contributed by atoms with Crippen LogP contribution < -0.4 is 5.32 Å². The van der Waals surface area contributed by atoms with Gasteiger partial charge in [-0.2, -0.15) is 0 Å². The van der Waals surface area contributed by atoms with Gasteiger partial charge in [0.1, 0.15) is 0 Å². The largest absolute Gasteiger partial charge is 0.355 e. The summed E-state index contributed by atoms with van der Waals surface area (Å²) >= 11 is 3.49. The Hall–Kier alpha value is -2.84. The maximum Gasteiger partial charge on any atom is 0.0463 e. The number of hydrogen-bond donors (Lipinski definition) is 1. The Morgan fingerprint density at radius 2 is 1.30 bits per heavy atom. The predicted molar refractivity (Wildman–Crippen MR) is 119 cm³/mol. The van der Waals surface area contributed by atoms with E-state index in [2.05, 4.69) is 125 Å². The SMILES string of the molecule is Cc1cccc(-c2ccccc2Nc2ccc(-c3ccc(Br)cc3)cc2)c1. The Balaban J connectivity index is 1.61. The van der Waals surface area contributed by atoms with E-state index >= 15 is 0 Å². The zero-order valence-electron chi connectivity index (χ0n) is 15.1. The lowest BCUT2D eigenvalue weighted by molar-refractivity contribution is 1.46. The van der Waals surface area contributed by atoms with E-state index in [4.69, 9.17) is 0 Å². The van der Waals surface area contributed by atoms with Crippen molar-refractivity contribution < 1.29 is 0 Å². The first-order valence-electron chi connectivity index (χ1n) is 8.98. The van der Waals surface area contributed by atoms with Crippen molar-refractivity contribution in [3.63, 3.8) is 0 Å². The second-order valence-corrected chi connectivity index (χ2v) is 7.54. The van der Waals surface area contributed by atoms with Gasteiger partial charge < -0.3 is 5.32 Å². The molecule has 4 aromatic carbocycles. The lowest BCUT2D eigenvalue weighted by atomic mass is 10.0. The normalized spacial score (nSPS) is 10.6. The third-order valence-corrected chi connectivity index (χ3v) is 5.13. The average Bonchev–Trinajstić information content (AvgIpc) is 2.70. The van der Waals surface area contributed by atoms with Gasteiger partial charge >= 0.3 is 0 Å². The summed E-state index contributed by atoms with van der Waals surface area (Å²) in [5.74, 6) is 0. The van der Waals surface area contributed by atoms with Crippen LogP contribution in [0.15, 0.2) is 102 Å². The molecule has 0 aliphatic rings. The minimum absolute atomic E-state index is 1.08. The van der Waals surface area contributed by atoms with Crippen molar-refractivity contribution in [1.82, 2.24) is 0 Å². The second kappa shape index (κ2) is 7.81. The van der Waals surface area contributed by atoms with Crippen LogP contribution in [-0.4, -0.2) is 0 Å². The van der Waals surface area contributed by atoms with E-state index in [-0.39, 0.29) is 0 Å². The van der Waals surface area contributed by atoms with Crippen LogP contribution in [0.3, 0.4) is 0 Å². The standard InChI is InChI=1S/C25H20BrN/c1-18-5-4-6-21(17-18)24-7-2-3-8-25(24)27-23-15-11-20(12-16-23)19-9-13-22(26)14-10-19/h2-17,27H,1H3. The highest BCUT2D eigenvalue weighted by atomic mass is 79.9. The fourth-order valence-corrected chi connectivity index (χ4v) is 3.46. The molecule has 4 aromatic rings. The molecule has 0 saturated heterocycles. The number of hydrogen-bond acceptors (Lipinski definition) is 1. The van der Waals surface area contributed by atoms with E-state index in [1.165, 1.54) is 27.8 Å². The molecular weight excluding hydrogens is 394 g/mol. The Labute approximate surface area is 168 Å². The first-order chi connectivity index (χ1) is 13.2. The molecule has 2 heteroatoms. The lowest BCUT2D eigenvalue weighted by Gasteiger charge is -2.13. The zero-order chi connectivity index (χ0) is 18.6. The van der Waals surface area contributed by atoms with Crippen molar-refractivity contribution in [2.24, 2.45) is 0 Å². The first kappa shape index (κ1) is 17.6. The first-order valence-corrected chi connectivity index (χ1v) is 9.77. The van der Waals surface area contributed by atoms with Gasteiger partial charge in [0.2, 0.25) is 0 Å². The van der Waals surface area contributed by atoms with Gasteiger partial charge in [0.05, 0.1) is 0 Å². The number of rotatable bonds is 4. The highest BCUT2D eigenvalue weighted by molar-refractivity contribution is 9.10. The minimum atomic E-state index is 1.08. The maximum absolute atomic E-state index is 3.57. The Bertz CT molecular complexity index is 1050. The predicted octanol–water partition coefficient (Wildman–Crippen LogP) is 7.84. The summed E-state index contributed by atoms with van der Waals surface area (Å²) in [7, 11) is 0. The highest BCUT2D eigenvalue weighted by Crippen LogP contribution is 2.31. The van der Waals surface area contributed by atoms with Crippen LogP contribution in [0.25, 0.3) is 22.3 Å². The summed E-state index contributed by atoms with van der Waals surface area (Å²) in [6.07, 6.45) is 0. The molecule has 0 spiro atoms. The molecule has 0 unspecified atom stereocenters. The molecule has 0 heterocycles. The molecule has 4 rings (SSSR count). The van der Waals surface area contributed by atoms with E-state index in [1.807, 2.05) is 0 Å². The summed E-state index contributed by atoms with van der Waals surface area (Å²) in [6, 6.07) is 34.0. The van der Waals surface area contributed by atoms with Crippen LogP contribution >= 0.6 is 15.9 Å². The van der Waals surface area contributed by atoms with Crippen LogP contribution in [0.5, 0.6) is 0 Å². The van der Waals surface area contributed by atoms with Crippen LogP contribution in [-0.2, 0) is 0 Å². The summed E-state index contributed by atoms with van der Waals surface area (Å²) in [5, 5.41) is 3.57. The molecule has 0 atom stereocenters. The molecule has 0 aromatic heterocycles. The maximum atomic E-state index is 3.57. The average molecular weight is 414 g/mol. The molecule has 0 fully saturated rings. The van der Waals surface area contributed by atoms with Crippen LogP contribution in [0.2, 0.25) is 0 Å². The Morgan fingerprint density at radius 3 is 2.00 bits per heavy atom. The molecule has 0 radical (unpaired) electrons. The highest BCUT2D eigenvalue weighted by Gasteiger charge is 2.06. The number of anilines is 2. The van der Waals surface area contributed by atoms with E-state index in [0.29, 0.717) is 0 Å². The molecule has 132 valence electrons. The smallest absolute Gasteiger partial charge is 0.0463 e. The van der Waals surface area contributed by atoms with Gasteiger partial charge in [0, 0.05) is 21.4 Å².